The molecular weight excluding hydrogens is 240 g/mol. The van der Waals surface area contributed by atoms with Gasteiger partial charge >= 0.3 is 0 Å². The standard InChI is InChI=1S/C14H20N4O/c1-9(2)6-18-7-12(8-19)14(16-18)13-10(3)15-17(5)11(13)4/h7-9H,6H2,1-5H3. The number of rotatable bonds is 4. The molecule has 0 amide bonds. The highest BCUT2D eigenvalue weighted by molar-refractivity contribution is 5.86. The molecule has 2 aromatic heterocycles. The number of nitrogens with zero attached hydrogens (tertiary/aromatic N) is 4. The Morgan fingerprint density at radius 2 is 2.00 bits per heavy atom. The van der Waals surface area contributed by atoms with Crippen molar-refractivity contribution in [2.75, 3.05) is 0 Å². The number of aldehydes is 1. The summed E-state index contributed by atoms with van der Waals surface area (Å²) in [5.41, 5.74) is 4.25. The molecular formula is C14H20N4O. The summed E-state index contributed by atoms with van der Waals surface area (Å²) in [7, 11) is 1.90. The Morgan fingerprint density at radius 3 is 2.47 bits per heavy atom. The van der Waals surface area contributed by atoms with Crippen LogP contribution in [-0.4, -0.2) is 25.8 Å². The second-order valence-corrected chi connectivity index (χ2v) is 5.34. The van der Waals surface area contributed by atoms with Crippen LogP contribution in [0.5, 0.6) is 0 Å². The van der Waals surface area contributed by atoms with Crippen molar-refractivity contribution in [2.24, 2.45) is 13.0 Å². The lowest BCUT2D eigenvalue weighted by molar-refractivity contribution is 0.112. The van der Waals surface area contributed by atoms with Gasteiger partial charge in [-0.25, -0.2) is 0 Å². The highest BCUT2D eigenvalue weighted by atomic mass is 16.1. The molecule has 0 unspecified atom stereocenters. The highest BCUT2D eigenvalue weighted by Gasteiger charge is 2.18. The van der Waals surface area contributed by atoms with E-state index in [1.165, 1.54) is 0 Å². The summed E-state index contributed by atoms with van der Waals surface area (Å²) in [6.45, 7) is 8.99. The molecule has 0 fully saturated rings. The molecule has 5 heteroatoms. The van der Waals surface area contributed by atoms with E-state index in [0.717, 1.165) is 35.5 Å². The molecule has 0 radical (unpaired) electrons. The lowest BCUT2D eigenvalue weighted by Crippen LogP contribution is -2.04. The molecule has 2 heterocycles. The maximum absolute atomic E-state index is 11.2. The van der Waals surface area contributed by atoms with Crippen LogP contribution in [0.15, 0.2) is 6.20 Å². The van der Waals surface area contributed by atoms with Gasteiger partial charge in [-0.1, -0.05) is 13.8 Å². The Bertz CT molecular complexity index is 607. The number of carbonyl (C=O) groups is 1. The van der Waals surface area contributed by atoms with Gasteiger partial charge in [-0.15, -0.1) is 0 Å². The average Bonchev–Trinajstić information content (AvgIpc) is 2.80. The van der Waals surface area contributed by atoms with Crippen molar-refractivity contribution >= 4 is 6.29 Å². The van der Waals surface area contributed by atoms with E-state index in [1.807, 2.05) is 36.5 Å². The number of carbonyl (C=O) groups excluding carboxylic acids is 1. The zero-order valence-electron chi connectivity index (χ0n) is 12.1. The van der Waals surface area contributed by atoms with Crippen molar-refractivity contribution < 1.29 is 4.79 Å². The monoisotopic (exact) mass is 260 g/mol. The SMILES string of the molecule is Cc1nn(C)c(C)c1-c1nn(CC(C)C)cc1C=O. The Kier molecular flexibility index (Phi) is 3.55. The van der Waals surface area contributed by atoms with Crippen molar-refractivity contribution in [1.29, 1.82) is 0 Å². The van der Waals surface area contributed by atoms with Crippen LogP contribution in [0.25, 0.3) is 11.3 Å². The largest absolute Gasteiger partial charge is 0.298 e. The third kappa shape index (κ3) is 2.45. The van der Waals surface area contributed by atoms with Crippen LogP contribution in [0.1, 0.15) is 35.6 Å². The van der Waals surface area contributed by atoms with E-state index in [1.54, 1.807) is 0 Å². The molecule has 0 aliphatic heterocycles. The summed E-state index contributed by atoms with van der Waals surface area (Å²) in [6.07, 6.45) is 2.68. The number of hydrogen-bond donors (Lipinski definition) is 0. The normalized spacial score (nSPS) is 11.3. The molecule has 0 N–H and O–H groups in total. The molecule has 2 aromatic rings. The van der Waals surface area contributed by atoms with Crippen LogP contribution >= 0.6 is 0 Å². The first-order valence-electron chi connectivity index (χ1n) is 6.47. The van der Waals surface area contributed by atoms with Gasteiger partial charge in [0.25, 0.3) is 0 Å². The lowest BCUT2D eigenvalue weighted by atomic mass is 10.1. The van der Waals surface area contributed by atoms with Crippen molar-refractivity contribution in [3.05, 3.63) is 23.1 Å². The van der Waals surface area contributed by atoms with Crippen LogP contribution < -0.4 is 0 Å². The van der Waals surface area contributed by atoms with Crippen LogP contribution in [0, 0.1) is 19.8 Å². The fraction of sp³-hybridized carbons (Fsp3) is 0.500. The summed E-state index contributed by atoms with van der Waals surface area (Å²) >= 11 is 0. The predicted octanol–water partition coefficient (Wildman–Crippen LogP) is 2.37. The van der Waals surface area contributed by atoms with Crippen molar-refractivity contribution in [3.8, 4) is 11.3 Å². The van der Waals surface area contributed by atoms with Gasteiger partial charge in [-0.05, 0) is 19.8 Å². The Labute approximate surface area is 113 Å². The van der Waals surface area contributed by atoms with Gasteiger partial charge in [0, 0.05) is 31.0 Å². The number of aromatic nitrogens is 4. The van der Waals surface area contributed by atoms with Gasteiger partial charge in [0.15, 0.2) is 6.29 Å². The molecule has 0 spiro atoms. The van der Waals surface area contributed by atoms with Crippen LogP contribution in [-0.2, 0) is 13.6 Å². The molecule has 0 aromatic carbocycles. The van der Waals surface area contributed by atoms with E-state index in [0.29, 0.717) is 11.5 Å². The lowest BCUT2D eigenvalue weighted by Gasteiger charge is -2.04. The third-order valence-electron chi connectivity index (χ3n) is 3.21. The zero-order valence-corrected chi connectivity index (χ0v) is 12.1. The first-order valence-corrected chi connectivity index (χ1v) is 6.47. The maximum atomic E-state index is 11.2. The minimum Gasteiger partial charge on any atom is -0.298 e. The summed E-state index contributed by atoms with van der Waals surface area (Å²) in [6, 6.07) is 0. The van der Waals surface area contributed by atoms with E-state index >= 15 is 0 Å². The molecule has 0 saturated heterocycles. The van der Waals surface area contributed by atoms with E-state index < -0.39 is 0 Å². The zero-order chi connectivity index (χ0) is 14.2. The van der Waals surface area contributed by atoms with Crippen molar-refractivity contribution in [2.45, 2.75) is 34.2 Å². The molecule has 19 heavy (non-hydrogen) atoms. The Hall–Kier alpha value is -1.91. The van der Waals surface area contributed by atoms with E-state index in [-0.39, 0.29) is 0 Å². The van der Waals surface area contributed by atoms with Gasteiger partial charge in [0.1, 0.15) is 5.69 Å². The summed E-state index contributed by atoms with van der Waals surface area (Å²) < 4.78 is 3.66. The molecule has 0 bridgehead atoms. The molecule has 5 nitrogen and oxygen atoms in total. The fourth-order valence-corrected chi connectivity index (χ4v) is 2.30. The Balaban J connectivity index is 2.54. The van der Waals surface area contributed by atoms with E-state index in [9.17, 15) is 4.79 Å². The van der Waals surface area contributed by atoms with Crippen molar-refractivity contribution in [1.82, 2.24) is 19.6 Å². The van der Waals surface area contributed by atoms with E-state index in [2.05, 4.69) is 24.0 Å². The third-order valence-corrected chi connectivity index (χ3v) is 3.21. The molecule has 0 aliphatic carbocycles. The number of hydrogen-bond acceptors (Lipinski definition) is 3. The van der Waals surface area contributed by atoms with Crippen LogP contribution in [0.2, 0.25) is 0 Å². The van der Waals surface area contributed by atoms with Crippen LogP contribution in [0.4, 0.5) is 0 Å². The minimum absolute atomic E-state index is 0.489. The predicted molar refractivity (Wildman–Crippen MR) is 74.1 cm³/mol. The summed E-state index contributed by atoms with van der Waals surface area (Å²) in [5.74, 6) is 0.489. The number of aryl methyl sites for hydroxylation is 2. The quantitative estimate of drug-likeness (QED) is 0.793. The van der Waals surface area contributed by atoms with Gasteiger partial charge in [-0.2, -0.15) is 10.2 Å². The smallest absolute Gasteiger partial charge is 0.153 e. The van der Waals surface area contributed by atoms with Gasteiger partial charge < -0.3 is 0 Å². The second kappa shape index (κ2) is 4.99. The highest BCUT2D eigenvalue weighted by Crippen LogP contribution is 2.27. The maximum Gasteiger partial charge on any atom is 0.153 e. The fourth-order valence-electron chi connectivity index (χ4n) is 2.30. The van der Waals surface area contributed by atoms with Crippen molar-refractivity contribution in [3.63, 3.8) is 0 Å². The summed E-state index contributed by atoms with van der Waals surface area (Å²) in [5, 5.41) is 8.94. The van der Waals surface area contributed by atoms with Gasteiger partial charge in [0.05, 0.1) is 11.3 Å². The first kappa shape index (κ1) is 13.5. The first-order chi connectivity index (χ1) is 8.93. The minimum atomic E-state index is 0.489. The molecule has 0 aliphatic rings. The Morgan fingerprint density at radius 1 is 1.32 bits per heavy atom. The van der Waals surface area contributed by atoms with E-state index in [4.69, 9.17) is 0 Å². The molecule has 0 atom stereocenters. The second-order valence-electron chi connectivity index (χ2n) is 5.34. The average molecular weight is 260 g/mol. The van der Waals surface area contributed by atoms with Gasteiger partial charge in [-0.3, -0.25) is 14.2 Å². The van der Waals surface area contributed by atoms with Gasteiger partial charge in [0.2, 0.25) is 0 Å². The molecule has 102 valence electrons. The molecule has 2 rings (SSSR count). The molecule has 0 saturated carbocycles. The van der Waals surface area contributed by atoms with Crippen LogP contribution in [0.3, 0.4) is 0 Å². The summed E-state index contributed by atoms with van der Waals surface area (Å²) in [4.78, 5) is 11.2. The topological polar surface area (TPSA) is 52.7 Å².